The number of aromatic carboxylic acids is 1. The van der Waals surface area contributed by atoms with E-state index in [1.165, 1.54) is 4.68 Å². The first kappa shape index (κ1) is 8.70. The number of aryl methyl sites for hydroxylation is 2. The Morgan fingerprint density at radius 2 is 2.33 bits per heavy atom. The van der Waals surface area contributed by atoms with Crippen molar-refractivity contribution in [3.63, 3.8) is 0 Å². The molecule has 0 unspecified atom stereocenters. The van der Waals surface area contributed by atoms with Gasteiger partial charge in [0.1, 0.15) is 0 Å². The SMILES string of the molecule is CCCc1nc(C(=O)O)n(C)n1. The molecule has 0 aliphatic carbocycles. The molecule has 0 saturated heterocycles. The van der Waals surface area contributed by atoms with Gasteiger partial charge in [-0.05, 0) is 6.42 Å². The minimum Gasteiger partial charge on any atom is -0.475 e. The summed E-state index contributed by atoms with van der Waals surface area (Å²) in [6.45, 7) is 2.00. The summed E-state index contributed by atoms with van der Waals surface area (Å²) < 4.78 is 1.29. The first-order valence-electron chi connectivity index (χ1n) is 3.78. The van der Waals surface area contributed by atoms with Crippen molar-refractivity contribution in [2.24, 2.45) is 7.05 Å². The van der Waals surface area contributed by atoms with Crippen molar-refractivity contribution in [2.45, 2.75) is 19.8 Å². The van der Waals surface area contributed by atoms with Gasteiger partial charge in [-0.3, -0.25) is 0 Å². The van der Waals surface area contributed by atoms with Crippen molar-refractivity contribution in [1.29, 1.82) is 0 Å². The molecule has 0 aliphatic rings. The van der Waals surface area contributed by atoms with Crippen LogP contribution in [0.2, 0.25) is 0 Å². The number of carboxylic acid groups (broad SMARTS) is 1. The molecule has 0 spiro atoms. The molecule has 1 N–H and O–H groups in total. The molecule has 0 saturated carbocycles. The molecule has 12 heavy (non-hydrogen) atoms. The molecule has 0 amide bonds. The van der Waals surface area contributed by atoms with Crippen molar-refractivity contribution < 1.29 is 9.90 Å². The van der Waals surface area contributed by atoms with Gasteiger partial charge in [0.2, 0.25) is 5.82 Å². The summed E-state index contributed by atoms with van der Waals surface area (Å²) in [6, 6.07) is 0. The summed E-state index contributed by atoms with van der Waals surface area (Å²) >= 11 is 0. The van der Waals surface area contributed by atoms with Gasteiger partial charge in [0.15, 0.2) is 5.82 Å². The van der Waals surface area contributed by atoms with Crippen molar-refractivity contribution in [3.8, 4) is 0 Å². The Kier molecular flexibility index (Phi) is 2.42. The number of carbonyl (C=O) groups is 1. The second-order valence-corrected chi connectivity index (χ2v) is 2.53. The summed E-state index contributed by atoms with van der Waals surface area (Å²) in [5.41, 5.74) is 0. The fourth-order valence-corrected chi connectivity index (χ4v) is 0.953. The van der Waals surface area contributed by atoms with E-state index in [0.29, 0.717) is 5.82 Å². The normalized spacial score (nSPS) is 10.2. The van der Waals surface area contributed by atoms with Gasteiger partial charge in [0, 0.05) is 13.5 Å². The Bertz CT molecular complexity index is 293. The van der Waals surface area contributed by atoms with Crippen molar-refractivity contribution in [2.75, 3.05) is 0 Å². The Morgan fingerprint density at radius 1 is 1.67 bits per heavy atom. The molecule has 5 heteroatoms. The molecule has 0 atom stereocenters. The first-order chi connectivity index (χ1) is 5.65. The minimum atomic E-state index is -1.03. The van der Waals surface area contributed by atoms with Gasteiger partial charge in [0.05, 0.1) is 0 Å². The highest BCUT2D eigenvalue weighted by molar-refractivity contribution is 5.83. The van der Waals surface area contributed by atoms with Crippen LogP contribution in [0, 0.1) is 0 Å². The summed E-state index contributed by atoms with van der Waals surface area (Å²) in [7, 11) is 1.58. The van der Waals surface area contributed by atoms with Crippen LogP contribution in [0.25, 0.3) is 0 Å². The molecule has 0 bridgehead atoms. The van der Waals surface area contributed by atoms with Crippen LogP contribution in [-0.2, 0) is 13.5 Å². The van der Waals surface area contributed by atoms with Crippen LogP contribution in [0.3, 0.4) is 0 Å². The second kappa shape index (κ2) is 3.34. The average Bonchev–Trinajstić information content (AvgIpc) is 2.32. The Morgan fingerprint density at radius 3 is 2.75 bits per heavy atom. The zero-order valence-electron chi connectivity index (χ0n) is 7.11. The summed E-state index contributed by atoms with van der Waals surface area (Å²) in [4.78, 5) is 14.4. The molecule has 5 nitrogen and oxygen atoms in total. The average molecular weight is 169 g/mol. The van der Waals surface area contributed by atoms with Crippen molar-refractivity contribution >= 4 is 5.97 Å². The van der Waals surface area contributed by atoms with E-state index >= 15 is 0 Å². The predicted molar refractivity (Wildman–Crippen MR) is 42.0 cm³/mol. The number of carboxylic acids is 1. The van der Waals surface area contributed by atoms with Gasteiger partial charge < -0.3 is 5.11 Å². The third-order valence-corrected chi connectivity index (χ3v) is 1.47. The van der Waals surface area contributed by atoms with Gasteiger partial charge in [-0.25, -0.2) is 14.5 Å². The molecule has 1 aromatic heterocycles. The van der Waals surface area contributed by atoms with Crippen LogP contribution in [0.15, 0.2) is 0 Å². The second-order valence-electron chi connectivity index (χ2n) is 2.53. The van der Waals surface area contributed by atoms with Crippen LogP contribution >= 0.6 is 0 Å². The van der Waals surface area contributed by atoms with E-state index in [-0.39, 0.29) is 5.82 Å². The zero-order chi connectivity index (χ0) is 9.14. The largest absolute Gasteiger partial charge is 0.475 e. The van der Waals surface area contributed by atoms with Crippen molar-refractivity contribution in [3.05, 3.63) is 11.6 Å². The summed E-state index contributed by atoms with van der Waals surface area (Å²) in [6.07, 6.45) is 1.64. The maximum Gasteiger partial charge on any atom is 0.373 e. The molecular formula is C7H11N3O2. The van der Waals surface area contributed by atoms with Crippen LogP contribution < -0.4 is 0 Å². The topological polar surface area (TPSA) is 68.0 Å². The van der Waals surface area contributed by atoms with Gasteiger partial charge in [-0.1, -0.05) is 6.92 Å². The van der Waals surface area contributed by atoms with E-state index in [4.69, 9.17) is 5.11 Å². The minimum absolute atomic E-state index is 0.00144. The number of aromatic nitrogens is 3. The monoisotopic (exact) mass is 169 g/mol. The highest BCUT2D eigenvalue weighted by atomic mass is 16.4. The highest BCUT2D eigenvalue weighted by Gasteiger charge is 2.12. The fraction of sp³-hybridized carbons (Fsp3) is 0.571. The Balaban J connectivity index is 2.92. The molecule has 1 rings (SSSR count). The maximum absolute atomic E-state index is 10.5. The molecule has 0 fully saturated rings. The van der Waals surface area contributed by atoms with E-state index in [2.05, 4.69) is 10.1 Å². The number of hydrogen-bond acceptors (Lipinski definition) is 3. The first-order valence-corrected chi connectivity index (χ1v) is 3.78. The van der Waals surface area contributed by atoms with Crippen LogP contribution in [-0.4, -0.2) is 25.8 Å². The van der Waals surface area contributed by atoms with E-state index in [1.807, 2.05) is 6.92 Å². The van der Waals surface area contributed by atoms with E-state index in [9.17, 15) is 4.79 Å². The maximum atomic E-state index is 10.5. The van der Waals surface area contributed by atoms with E-state index in [1.54, 1.807) is 7.05 Å². The standard InChI is InChI=1S/C7H11N3O2/c1-3-4-5-8-6(7(11)12)10(2)9-5/h3-4H2,1-2H3,(H,11,12). The lowest BCUT2D eigenvalue weighted by atomic mass is 10.3. The number of rotatable bonds is 3. The quantitative estimate of drug-likeness (QED) is 0.714. The lowest BCUT2D eigenvalue weighted by Crippen LogP contribution is -2.06. The molecule has 0 radical (unpaired) electrons. The molecule has 66 valence electrons. The summed E-state index contributed by atoms with van der Waals surface area (Å²) in [5, 5.41) is 12.6. The van der Waals surface area contributed by atoms with Crippen LogP contribution in [0.4, 0.5) is 0 Å². The lowest BCUT2D eigenvalue weighted by Gasteiger charge is -1.88. The third kappa shape index (κ3) is 1.61. The van der Waals surface area contributed by atoms with Gasteiger partial charge >= 0.3 is 5.97 Å². The number of hydrogen-bond donors (Lipinski definition) is 1. The molecule has 1 aromatic rings. The smallest absolute Gasteiger partial charge is 0.373 e. The zero-order valence-corrected chi connectivity index (χ0v) is 7.11. The molecule has 0 aromatic carbocycles. The fourth-order valence-electron chi connectivity index (χ4n) is 0.953. The Hall–Kier alpha value is -1.39. The molecule has 1 heterocycles. The van der Waals surface area contributed by atoms with Crippen LogP contribution in [0.5, 0.6) is 0 Å². The highest BCUT2D eigenvalue weighted by Crippen LogP contribution is 1.99. The van der Waals surface area contributed by atoms with E-state index < -0.39 is 5.97 Å². The third-order valence-electron chi connectivity index (χ3n) is 1.47. The van der Waals surface area contributed by atoms with Crippen LogP contribution in [0.1, 0.15) is 29.8 Å². The predicted octanol–water partition coefficient (Wildman–Crippen LogP) is 0.466. The number of nitrogens with zero attached hydrogens (tertiary/aromatic N) is 3. The van der Waals surface area contributed by atoms with Gasteiger partial charge in [-0.2, -0.15) is 5.10 Å². The molecular weight excluding hydrogens is 158 g/mol. The van der Waals surface area contributed by atoms with Gasteiger partial charge in [0.25, 0.3) is 0 Å². The lowest BCUT2D eigenvalue weighted by molar-refractivity contribution is 0.0678. The van der Waals surface area contributed by atoms with E-state index in [0.717, 1.165) is 12.8 Å². The van der Waals surface area contributed by atoms with Crippen molar-refractivity contribution in [1.82, 2.24) is 14.8 Å². The van der Waals surface area contributed by atoms with Gasteiger partial charge in [-0.15, -0.1) is 0 Å². The summed E-state index contributed by atoms with van der Waals surface area (Å²) in [5.74, 6) is -0.441. The molecule has 0 aliphatic heterocycles. The Labute approximate surface area is 70.0 Å².